The summed E-state index contributed by atoms with van der Waals surface area (Å²) in [6.45, 7) is 3.49. The van der Waals surface area contributed by atoms with Gasteiger partial charge in [0.05, 0.1) is 18.3 Å². The molecule has 4 unspecified atom stereocenters. The van der Waals surface area contributed by atoms with Gasteiger partial charge < -0.3 is 19.5 Å². The van der Waals surface area contributed by atoms with E-state index >= 15 is 0 Å². The van der Waals surface area contributed by atoms with Crippen LogP contribution in [0.5, 0.6) is 0 Å². The van der Waals surface area contributed by atoms with Gasteiger partial charge in [0.25, 0.3) is 0 Å². The maximum absolute atomic E-state index is 6.06. The van der Waals surface area contributed by atoms with Gasteiger partial charge in [0.15, 0.2) is 0 Å². The Morgan fingerprint density at radius 1 is 1.20 bits per heavy atom. The van der Waals surface area contributed by atoms with E-state index in [1.807, 2.05) is 0 Å². The third kappa shape index (κ3) is 3.35. The van der Waals surface area contributed by atoms with Gasteiger partial charge in [-0.25, -0.2) is 0 Å². The van der Waals surface area contributed by atoms with Gasteiger partial charge in [-0.1, -0.05) is 0 Å². The molecular weight excluding hydrogens is 254 g/mol. The van der Waals surface area contributed by atoms with Gasteiger partial charge >= 0.3 is 0 Å². The van der Waals surface area contributed by atoms with Crippen LogP contribution in [0.1, 0.15) is 44.9 Å². The summed E-state index contributed by atoms with van der Waals surface area (Å²) in [7, 11) is 2.10. The van der Waals surface area contributed by atoms with E-state index in [2.05, 4.69) is 12.4 Å². The van der Waals surface area contributed by atoms with Crippen molar-refractivity contribution < 1.29 is 14.2 Å². The molecule has 3 fully saturated rings. The van der Waals surface area contributed by atoms with Crippen LogP contribution in [0.3, 0.4) is 0 Å². The first-order valence-electron chi connectivity index (χ1n) is 8.32. The zero-order valence-corrected chi connectivity index (χ0v) is 12.7. The zero-order chi connectivity index (χ0) is 13.8. The van der Waals surface area contributed by atoms with Crippen LogP contribution < -0.4 is 5.32 Å². The summed E-state index contributed by atoms with van der Waals surface area (Å²) in [4.78, 5) is 0. The van der Waals surface area contributed by atoms with Crippen molar-refractivity contribution in [1.29, 1.82) is 0 Å². The molecule has 116 valence electrons. The van der Waals surface area contributed by atoms with Crippen LogP contribution in [-0.4, -0.2) is 51.2 Å². The molecule has 4 heteroatoms. The summed E-state index contributed by atoms with van der Waals surface area (Å²) in [5, 5.41) is 3.55. The number of hydrogen-bond acceptors (Lipinski definition) is 4. The lowest BCUT2D eigenvalue weighted by molar-refractivity contribution is -0.106. The Balaban J connectivity index is 1.57. The number of hydrogen-bond donors (Lipinski definition) is 1. The van der Waals surface area contributed by atoms with E-state index in [9.17, 15) is 0 Å². The van der Waals surface area contributed by atoms with Gasteiger partial charge in [-0.2, -0.15) is 0 Å². The van der Waals surface area contributed by atoms with E-state index in [0.717, 1.165) is 45.7 Å². The van der Waals surface area contributed by atoms with Gasteiger partial charge in [0.1, 0.15) is 0 Å². The lowest BCUT2D eigenvalue weighted by atomic mass is 9.79. The summed E-state index contributed by atoms with van der Waals surface area (Å²) >= 11 is 0. The van der Waals surface area contributed by atoms with Crippen LogP contribution >= 0.6 is 0 Å². The third-order valence-electron chi connectivity index (χ3n) is 5.33. The van der Waals surface area contributed by atoms with E-state index in [1.54, 1.807) is 0 Å². The maximum Gasteiger partial charge on any atom is 0.0939 e. The fourth-order valence-corrected chi connectivity index (χ4v) is 4.09. The number of nitrogens with one attached hydrogen (secondary N) is 1. The maximum atomic E-state index is 6.06. The molecule has 0 aromatic carbocycles. The minimum absolute atomic E-state index is 0.0193. The van der Waals surface area contributed by atoms with Crippen molar-refractivity contribution in [2.45, 2.75) is 62.7 Å². The van der Waals surface area contributed by atoms with Gasteiger partial charge in [-0.05, 0) is 51.5 Å². The average Bonchev–Trinajstić information content (AvgIpc) is 2.93. The molecule has 0 saturated carbocycles. The zero-order valence-electron chi connectivity index (χ0n) is 12.7. The van der Waals surface area contributed by atoms with Crippen LogP contribution in [0, 0.1) is 5.92 Å². The van der Waals surface area contributed by atoms with Gasteiger partial charge in [0.2, 0.25) is 0 Å². The van der Waals surface area contributed by atoms with Crippen LogP contribution in [0.25, 0.3) is 0 Å². The molecule has 0 bridgehead atoms. The largest absolute Gasteiger partial charge is 0.378 e. The van der Waals surface area contributed by atoms with Crippen LogP contribution in [-0.2, 0) is 14.2 Å². The Morgan fingerprint density at radius 3 is 2.85 bits per heavy atom. The topological polar surface area (TPSA) is 39.7 Å². The molecule has 3 rings (SSSR count). The SMILES string of the molecule is CNC(CC1CCCCO1)C1CCOC2(CCOC2)C1. The van der Waals surface area contributed by atoms with Crippen molar-refractivity contribution in [3.8, 4) is 0 Å². The molecule has 3 heterocycles. The molecule has 1 N–H and O–H groups in total. The second-order valence-electron chi connectivity index (χ2n) is 6.71. The van der Waals surface area contributed by atoms with Crippen molar-refractivity contribution in [3.05, 3.63) is 0 Å². The summed E-state index contributed by atoms with van der Waals surface area (Å²) in [6, 6.07) is 0.555. The van der Waals surface area contributed by atoms with E-state index in [4.69, 9.17) is 14.2 Å². The van der Waals surface area contributed by atoms with Crippen molar-refractivity contribution in [3.63, 3.8) is 0 Å². The number of ether oxygens (including phenoxy) is 3. The summed E-state index contributed by atoms with van der Waals surface area (Å²) < 4.78 is 17.6. The van der Waals surface area contributed by atoms with Gasteiger partial charge in [-0.3, -0.25) is 0 Å². The predicted molar refractivity (Wildman–Crippen MR) is 77.9 cm³/mol. The normalized spacial score (nSPS) is 40.0. The van der Waals surface area contributed by atoms with E-state index < -0.39 is 0 Å². The molecule has 0 amide bonds. The molecule has 0 aromatic rings. The Hall–Kier alpha value is -0.160. The molecule has 4 atom stereocenters. The first-order chi connectivity index (χ1) is 9.81. The van der Waals surface area contributed by atoms with E-state index in [0.29, 0.717) is 18.1 Å². The van der Waals surface area contributed by atoms with Crippen LogP contribution in [0.2, 0.25) is 0 Å². The molecule has 3 aliphatic heterocycles. The highest BCUT2D eigenvalue weighted by molar-refractivity contribution is 4.94. The highest BCUT2D eigenvalue weighted by atomic mass is 16.6. The summed E-state index contributed by atoms with van der Waals surface area (Å²) in [5.41, 5.74) is 0.0193. The van der Waals surface area contributed by atoms with Crippen LogP contribution in [0.4, 0.5) is 0 Å². The number of rotatable bonds is 4. The quantitative estimate of drug-likeness (QED) is 0.858. The Morgan fingerprint density at radius 2 is 2.15 bits per heavy atom. The minimum Gasteiger partial charge on any atom is -0.378 e. The molecule has 1 spiro atoms. The molecule has 0 aromatic heterocycles. The first-order valence-corrected chi connectivity index (χ1v) is 8.32. The minimum atomic E-state index is 0.0193. The highest BCUT2D eigenvalue weighted by Crippen LogP contribution is 2.38. The molecule has 0 aliphatic carbocycles. The van der Waals surface area contributed by atoms with Crippen molar-refractivity contribution in [2.24, 2.45) is 5.92 Å². The smallest absolute Gasteiger partial charge is 0.0939 e. The Bertz CT molecular complexity index is 298. The lowest BCUT2D eigenvalue weighted by Gasteiger charge is -2.41. The van der Waals surface area contributed by atoms with Crippen molar-refractivity contribution >= 4 is 0 Å². The average molecular weight is 283 g/mol. The second-order valence-corrected chi connectivity index (χ2v) is 6.71. The standard InChI is InChI=1S/C16H29NO3/c1-17-15(10-14-4-2-3-7-19-14)13-5-8-20-16(11-13)6-9-18-12-16/h13-15,17H,2-12H2,1H3. The second kappa shape index (κ2) is 6.73. The molecule has 3 aliphatic rings. The van der Waals surface area contributed by atoms with E-state index in [-0.39, 0.29) is 5.60 Å². The molecule has 20 heavy (non-hydrogen) atoms. The molecule has 0 radical (unpaired) electrons. The summed E-state index contributed by atoms with van der Waals surface area (Å²) in [6.07, 6.45) is 8.78. The van der Waals surface area contributed by atoms with Crippen molar-refractivity contribution in [1.82, 2.24) is 5.32 Å². The fraction of sp³-hybridized carbons (Fsp3) is 1.00. The molecule has 3 saturated heterocycles. The molecular formula is C16H29NO3. The summed E-state index contributed by atoms with van der Waals surface area (Å²) in [5.74, 6) is 0.695. The Labute approximate surface area is 122 Å². The Kier molecular flexibility index (Phi) is 4.97. The molecule has 4 nitrogen and oxygen atoms in total. The van der Waals surface area contributed by atoms with Crippen molar-refractivity contribution in [2.75, 3.05) is 33.5 Å². The van der Waals surface area contributed by atoms with Gasteiger partial charge in [0, 0.05) is 32.3 Å². The first kappa shape index (κ1) is 14.8. The monoisotopic (exact) mass is 283 g/mol. The van der Waals surface area contributed by atoms with Crippen LogP contribution in [0.15, 0.2) is 0 Å². The predicted octanol–water partition coefficient (Wildman–Crippen LogP) is 2.12. The third-order valence-corrected chi connectivity index (χ3v) is 5.33. The lowest BCUT2D eigenvalue weighted by Crippen LogP contribution is -2.47. The van der Waals surface area contributed by atoms with E-state index in [1.165, 1.54) is 25.7 Å². The highest BCUT2D eigenvalue weighted by Gasteiger charge is 2.43. The fourth-order valence-electron chi connectivity index (χ4n) is 4.09. The van der Waals surface area contributed by atoms with Gasteiger partial charge in [-0.15, -0.1) is 0 Å².